The minimum atomic E-state index is -0.795. The summed E-state index contributed by atoms with van der Waals surface area (Å²) in [7, 11) is 1.61. The third-order valence-corrected chi connectivity index (χ3v) is 5.10. The quantitative estimate of drug-likeness (QED) is 0.377. The van der Waals surface area contributed by atoms with Crippen LogP contribution in [0.2, 0.25) is 10.0 Å². The van der Waals surface area contributed by atoms with Crippen molar-refractivity contribution in [3.8, 4) is 5.75 Å². The van der Waals surface area contributed by atoms with Crippen molar-refractivity contribution in [1.29, 1.82) is 0 Å². The predicted molar refractivity (Wildman–Crippen MR) is 113 cm³/mol. The number of aryl methyl sites for hydroxylation is 1. The highest BCUT2D eigenvalue weighted by atomic mass is 35.5. The summed E-state index contributed by atoms with van der Waals surface area (Å²) in [6.07, 6.45) is 1.41. The number of carbonyl (C=O) groups excluding carboxylic acids is 2. The number of nitrogens with one attached hydrogen (secondary N) is 2. The van der Waals surface area contributed by atoms with Gasteiger partial charge in [-0.15, -0.1) is 0 Å². The van der Waals surface area contributed by atoms with Crippen LogP contribution in [-0.2, 0) is 20.2 Å². The van der Waals surface area contributed by atoms with E-state index in [4.69, 9.17) is 33.1 Å². The summed E-state index contributed by atoms with van der Waals surface area (Å²) in [5.74, 6) is -1.18. The largest absolute Gasteiger partial charge is 0.486 e. The van der Waals surface area contributed by atoms with E-state index in [9.17, 15) is 9.59 Å². The van der Waals surface area contributed by atoms with Crippen molar-refractivity contribution in [2.24, 2.45) is 7.05 Å². The number of carbonyl (C=O) groups is 2. The lowest BCUT2D eigenvalue weighted by Gasteiger charge is -2.12. The molecule has 0 aliphatic carbocycles. The summed E-state index contributed by atoms with van der Waals surface area (Å²) in [5.41, 5.74) is 3.35. The van der Waals surface area contributed by atoms with Crippen LogP contribution in [0.25, 0.3) is 0 Å². The second kappa shape index (κ2) is 9.67. The van der Waals surface area contributed by atoms with E-state index < -0.39 is 11.8 Å². The van der Waals surface area contributed by atoms with Gasteiger partial charge in [0.05, 0.1) is 10.0 Å². The molecule has 1 heterocycles. The van der Waals surface area contributed by atoms with Gasteiger partial charge in [-0.2, -0.15) is 0 Å². The fourth-order valence-corrected chi connectivity index (χ4v) is 3.20. The Morgan fingerprint density at radius 2 is 1.77 bits per heavy atom. The second-order valence-electron chi connectivity index (χ2n) is 6.48. The van der Waals surface area contributed by atoms with Gasteiger partial charge < -0.3 is 14.6 Å². The van der Waals surface area contributed by atoms with E-state index in [1.54, 1.807) is 30.7 Å². The molecule has 1 aromatic heterocycles. The SMILES string of the molecule is Cn1cc(C(=O)NO)c(OCc2ccc(Cl)c(Cl)c2)c1C(=O)NCc1ccccc1. The van der Waals surface area contributed by atoms with Gasteiger partial charge in [0.15, 0.2) is 5.75 Å². The van der Waals surface area contributed by atoms with Gasteiger partial charge in [-0.25, -0.2) is 5.48 Å². The van der Waals surface area contributed by atoms with E-state index in [1.165, 1.54) is 10.8 Å². The molecule has 9 heteroatoms. The second-order valence-corrected chi connectivity index (χ2v) is 7.29. The number of aromatic nitrogens is 1. The molecule has 0 spiro atoms. The van der Waals surface area contributed by atoms with Crippen LogP contribution in [0.1, 0.15) is 32.0 Å². The molecule has 0 radical (unpaired) electrons. The third-order valence-electron chi connectivity index (χ3n) is 4.36. The number of nitrogens with zero attached hydrogens (tertiary/aromatic N) is 1. The number of halogens is 2. The van der Waals surface area contributed by atoms with Crippen LogP contribution in [-0.4, -0.2) is 21.6 Å². The third kappa shape index (κ3) is 4.94. The van der Waals surface area contributed by atoms with Crippen LogP contribution in [0.5, 0.6) is 5.75 Å². The average molecular weight is 448 g/mol. The monoisotopic (exact) mass is 447 g/mol. The molecule has 0 saturated carbocycles. The Bertz CT molecular complexity index is 1070. The normalized spacial score (nSPS) is 10.5. The Hall–Kier alpha value is -3.00. The van der Waals surface area contributed by atoms with Crippen molar-refractivity contribution >= 4 is 35.0 Å². The number of benzene rings is 2. The van der Waals surface area contributed by atoms with Crippen LogP contribution in [0.4, 0.5) is 0 Å². The molecule has 0 unspecified atom stereocenters. The molecule has 0 aliphatic rings. The van der Waals surface area contributed by atoms with Crippen LogP contribution in [0.3, 0.4) is 0 Å². The summed E-state index contributed by atoms with van der Waals surface area (Å²) in [4.78, 5) is 24.9. The van der Waals surface area contributed by atoms with Gasteiger partial charge in [0.1, 0.15) is 17.9 Å². The van der Waals surface area contributed by atoms with Gasteiger partial charge in [-0.3, -0.25) is 14.8 Å². The Kier molecular flexibility index (Phi) is 6.99. The summed E-state index contributed by atoms with van der Waals surface area (Å²) < 4.78 is 7.28. The maximum Gasteiger partial charge on any atom is 0.279 e. The summed E-state index contributed by atoms with van der Waals surface area (Å²) in [6, 6.07) is 14.4. The molecule has 156 valence electrons. The molecule has 0 fully saturated rings. The van der Waals surface area contributed by atoms with Crippen LogP contribution >= 0.6 is 23.2 Å². The number of hydrogen-bond donors (Lipinski definition) is 3. The number of rotatable bonds is 7. The lowest BCUT2D eigenvalue weighted by Crippen LogP contribution is -2.25. The minimum Gasteiger partial charge on any atom is -0.486 e. The summed E-state index contributed by atoms with van der Waals surface area (Å²) in [5, 5.41) is 12.6. The Labute approximate surface area is 183 Å². The molecule has 3 N–H and O–H groups in total. The number of amides is 2. The van der Waals surface area contributed by atoms with Crippen molar-refractivity contribution in [2.45, 2.75) is 13.2 Å². The number of ether oxygens (including phenoxy) is 1. The van der Waals surface area contributed by atoms with E-state index in [1.807, 2.05) is 30.3 Å². The molecule has 3 rings (SSSR count). The molecule has 0 bridgehead atoms. The molecule has 0 atom stereocenters. The van der Waals surface area contributed by atoms with E-state index >= 15 is 0 Å². The van der Waals surface area contributed by atoms with Crippen LogP contribution in [0, 0.1) is 0 Å². The zero-order valence-corrected chi connectivity index (χ0v) is 17.5. The first-order valence-corrected chi connectivity index (χ1v) is 9.69. The first-order chi connectivity index (χ1) is 14.4. The molecule has 2 aromatic carbocycles. The lowest BCUT2D eigenvalue weighted by molar-refractivity contribution is 0.0702. The maximum atomic E-state index is 12.8. The minimum absolute atomic E-state index is 0.0184. The van der Waals surface area contributed by atoms with Gasteiger partial charge in [0.25, 0.3) is 11.8 Å². The van der Waals surface area contributed by atoms with Gasteiger partial charge in [-0.05, 0) is 23.3 Å². The average Bonchev–Trinajstić information content (AvgIpc) is 3.09. The Balaban J connectivity index is 1.86. The van der Waals surface area contributed by atoms with Crippen molar-refractivity contribution in [3.63, 3.8) is 0 Å². The topological polar surface area (TPSA) is 92.6 Å². The molecular formula is C21H19Cl2N3O4. The fourth-order valence-electron chi connectivity index (χ4n) is 2.88. The number of hydrogen-bond acceptors (Lipinski definition) is 4. The van der Waals surface area contributed by atoms with Crippen molar-refractivity contribution < 1.29 is 19.5 Å². The van der Waals surface area contributed by atoms with E-state index in [0.717, 1.165) is 5.56 Å². The van der Waals surface area contributed by atoms with Crippen molar-refractivity contribution in [1.82, 2.24) is 15.4 Å². The fraction of sp³-hybridized carbons (Fsp3) is 0.143. The Morgan fingerprint density at radius 3 is 2.43 bits per heavy atom. The zero-order chi connectivity index (χ0) is 21.7. The molecule has 3 aromatic rings. The van der Waals surface area contributed by atoms with Gasteiger partial charge >= 0.3 is 0 Å². The zero-order valence-electron chi connectivity index (χ0n) is 16.0. The number of hydroxylamine groups is 1. The van der Waals surface area contributed by atoms with Gasteiger partial charge in [0, 0.05) is 19.8 Å². The highest BCUT2D eigenvalue weighted by molar-refractivity contribution is 6.42. The molecule has 0 aliphatic heterocycles. The summed E-state index contributed by atoms with van der Waals surface area (Å²) >= 11 is 12.0. The van der Waals surface area contributed by atoms with E-state index in [-0.39, 0.29) is 23.6 Å². The van der Waals surface area contributed by atoms with Crippen molar-refractivity contribution in [2.75, 3.05) is 0 Å². The van der Waals surface area contributed by atoms with E-state index in [0.29, 0.717) is 22.2 Å². The predicted octanol–water partition coefficient (Wildman–Crippen LogP) is 3.96. The van der Waals surface area contributed by atoms with E-state index in [2.05, 4.69) is 5.32 Å². The van der Waals surface area contributed by atoms with Crippen molar-refractivity contribution in [3.05, 3.63) is 87.2 Å². The van der Waals surface area contributed by atoms with Crippen LogP contribution in [0.15, 0.2) is 54.7 Å². The first-order valence-electron chi connectivity index (χ1n) is 8.93. The molecule has 2 amide bonds. The highest BCUT2D eigenvalue weighted by Crippen LogP contribution is 2.28. The Morgan fingerprint density at radius 1 is 1.03 bits per heavy atom. The molecule has 7 nitrogen and oxygen atoms in total. The summed E-state index contributed by atoms with van der Waals surface area (Å²) in [6.45, 7) is 0.337. The molecule has 0 saturated heterocycles. The maximum absolute atomic E-state index is 12.8. The smallest absolute Gasteiger partial charge is 0.279 e. The standard InChI is InChI=1S/C21H19Cl2N3O4/c1-26-11-15(20(27)25-29)19(30-12-14-7-8-16(22)17(23)9-14)18(26)21(28)24-10-13-5-3-2-4-6-13/h2-9,11,29H,10,12H2,1H3,(H,24,28)(H,25,27). The van der Waals surface area contributed by atoms with Gasteiger partial charge in [0.2, 0.25) is 0 Å². The van der Waals surface area contributed by atoms with Gasteiger partial charge in [-0.1, -0.05) is 59.6 Å². The molecular weight excluding hydrogens is 429 g/mol. The molecule has 30 heavy (non-hydrogen) atoms. The van der Waals surface area contributed by atoms with Crippen LogP contribution < -0.4 is 15.5 Å². The highest BCUT2D eigenvalue weighted by Gasteiger charge is 2.25. The lowest BCUT2D eigenvalue weighted by atomic mass is 10.2. The first kappa shape index (κ1) is 21.7.